The number of carbonyl (C=O) groups excluding carboxylic acids is 1. The van der Waals surface area contributed by atoms with Crippen molar-refractivity contribution in [2.45, 2.75) is 117 Å². The number of pyridine rings is 1. The number of methoxy groups -OCH3 is 1. The van der Waals surface area contributed by atoms with E-state index in [2.05, 4.69) is 17.2 Å². The number of nitrogens with one attached hydrogen (secondary N) is 1. The molecule has 0 aliphatic heterocycles. The highest BCUT2D eigenvalue weighted by atomic mass is 35.5. The molecule has 1 heterocycles. The van der Waals surface area contributed by atoms with E-state index in [1.807, 2.05) is 6.92 Å². The number of anilines is 1. The summed E-state index contributed by atoms with van der Waals surface area (Å²) in [5, 5.41) is 3.65. The largest absolute Gasteiger partial charge is 0.489 e. The lowest BCUT2D eigenvalue weighted by Crippen LogP contribution is -2.10. The van der Waals surface area contributed by atoms with Gasteiger partial charge in [0.25, 0.3) is 0 Å². The Balaban J connectivity index is 1.89. The Bertz CT molecular complexity index is 1050. The van der Waals surface area contributed by atoms with Crippen LogP contribution in [0, 0.1) is 5.82 Å². The number of nitrogens with zero attached hydrogens (tertiary/aromatic N) is 1. The first-order valence-corrected chi connectivity index (χ1v) is 16.3. The molecule has 0 atom stereocenters. The van der Waals surface area contributed by atoms with Gasteiger partial charge in [0, 0.05) is 12.1 Å². The third kappa shape index (κ3) is 12.4. The normalized spacial score (nSPS) is 11.1. The minimum absolute atomic E-state index is 0.0223. The number of hydrogen-bond donors (Lipinski definition) is 1. The third-order valence-corrected chi connectivity index (χ3v) is 7.93. The highest BCUT2D eigenvalue weighted by Gasteiger charge is 2.22. The summed E-state index contributed by atoms with van der Waals surface area (Å²) in [4.78, 5) is 16.8. The molecule has 230 valence electrons. The van der Waals surface area contributed by atoms with Crippen molar-refractivity contribution in [3.05, 3.63) is 39.8 Å². The van der Waals surface area contributed by atoms with Crippen molar-refractivity contribution >= 4 is 34.9 Å². The average molecular weight is 612 g/mol. The van der Waals surface area contributed by atoms with E-state index < -0.39 is 11.8 Å². The maximum Gasteiger partial charge on any atom is 0.358 e. The van der Waals surface area contributed by atoms with Crippen LogP contribution in [0.1, 0.15) is 127 Å². The zero-order chi connectivity index (χ0) is 29.9. The van der Waals surface area contributed by atoms with Crippen molar-refractivity contribution < 1.29 is 18.7 Å². The fraction of sp³-hybridized carbons (Fsp3) is 0.636. The number of aromatic nitrogens is 1. The molecule has 0 saturated carbocycles. The van der Waals surface area contributed by atoms with E-state index in [1.54, 1.807) is 12.1 Å². The summed E-state index contributed by atoms with van der Waals surface area (Å²) in [5.74, 6) is -1.34. The minimum Gasteiger partial charge on any atom is -0.489 e. The molecule has 5 nitrogen and oxygen atoms in total. The van der Waals surface area contributed by atoms with Crippen LogP contribution in [0.2, 0.25) is 10.0 Å². The van der Waals surface area contributed by atoms with Crippen molar-refractivity contribution in [2.24, 2.45) is 0 Å². The number of hydrogen-bond acceptors (Lipinski definition) is 5. The second kappa shape index (κ2) is 20.8. The molecule has 41 heavy (non-hydrogen) atoms. The second-order valence-electron chi connectivity index (χ2n) is 10.7. The summed E-state index contributed by atoms with van der Waals surface area (Å²) in [6, 6.07) is 4.75. The summed E-state index contributed by atoms with van der Waals surface area (Å²) in [6.45, 7) is 5.31. The first-order chi connectivity index (χ1) is 19.9. The van der Waals surface area contributed by atoms with Gasteiger partial charge in [-0.3, -0.25) is 0 Å². The lowest BCUT2D eigenvalue weighted by molar-refractivity contribution is 0.0594. The van der Waals surface area contributed by atoms with Gasteiger partial charge in [-0.05, 0) is 31.0 Å². The van der Waals surface area contributed by atoms with Crippen LogP contribution in [0.15, 0.2) is 18.2 Å². The molecule has 0 aliphatic carbocycles. The van der Waals surface area contributed by atoms with Gasteiger partial charge in [-0.15, -0.1) is 0 Å². The van der Waals surface area contributed by atoms with Gasteiger partial charge in [0.05, 0.1) is 35.1 Å². The molecule has 2 aromatic rings. The molecule has 0 radical (unpaired) electrons. The first-order valence-electron chi connectivity index (χ1n) is 15.6. The van der Waals surface area contributed by atoms with Crippen LogP contribution in [-0.4, -0.2) is 31.2 Å². The standard InChI is InChI=1S/C33H49Cl2FN2O3/c1-4-6-8-9-10-11-12-13-14-15-16-17-18-19-22-37-28-24-27(38-31(29(28)35)33(39)40-3)25-20-21-26(34)32(30(25)36)41-23-7-5-2/h20-21,24H,4-19,22-23H2,1-3H3,(H,37,38). The van der Waals surface area contributed by atoms with E-state index in [4.69, 9.17) is 32.7 Å². The Labute approximate surface area is 256 Å². The van der Waals surface area contributed by atoms with E-state index in [0.717, 1.165) is 25.7 Å². The minimum atomic E-state index is -0.690. The highest BCUT2D eigenvalue weighted by molar-refractivity contribution is 6.36. The van der Waals surface area contributed by atoms with Gasteiger partial charge in [-0.25, -0.2) is 14.2 Å². The smallest absolute Gasteiger partial charge is 0.358 e. The Morgan fingerprint density at radius 2 is 1.41 bits per heavy atom. The van der Waals surface area contributed by atoms with E-state index in [9.17, 15) is 4.79 Å². The quantitative estimate of drug-likeness (QED) is 0.106. The number of carbonyl (C=O) groups is 1. The lowest BCUT2D eigenvalue weighted by atomic mass is 10.0. The van der Waals surface area contributed by atoms with E-state index in [-0.39, 0.29) is 32.7 Å². The number of benzene rings is 1. The topological polar surface area (TPSA) is 60.5 Å². The Morgan fingerprint density at radius 1 is 0.854 bits per heavy atom. The van der Waals surface area contributed by atoms with Crippen LogP contribution in [0.4, 0.5) is 10.1 Å². The molecule has 1 aromatic heterocycles. The van der Waals surface area contributed by atoms with E-state index in [0.29, 0.717) is 18.8 Å². The van der Waals surface area contributed by atoms with Gasteiger partial charge in [-0.1, -0.05) is 127 Å². The summed E-state index contributed by atoms with van der Waals surface area (Å²) in [7, 11) is 1.26. The van der Waals surface area contributed by atoms with E-state index >= 15 is 4.39 Å². The predicted octanol–water partition coefficient (Wildman–Crippen LogP) is 11.1. The Morgan fingerprint density at radius 3 is 1.98 bits per heavy atom. The van der Waals surface area contributed by atoms with Crippen molar-refractivity contribution in [2.75, 3.05) is 25.6 Å². The van der Waals surface area contributed by atoms with Gasteiger partial charge < -0.3 is 14.8 Å². The van der Waals surface area contributed by atoms with Crippen molar-refractivity contribution in [3.8, 4) is 17.0 Å². The van der Waals surface area contributed by atoms with Gasteiger partial charge in [0.2, 0.25) is 0 Å². The fourth-order valence-corrected chi connectivity index (χ4v) is 5.19. The second-order valence-corrected chi connectivity index (χ2v) is 11.5. The molecule has 0 bridgehead atoms. The van der Waals surface area contributed by atoms with Gasteiger partial charge >= 0.3 is 5.97 Å². The highest BCUT2D eigenvalue weighted by Crippen LogP contribution is 2.37. The van der Waals surface area contributed by atoms with Gasteiger partial charge in [0.15, 0.2) is 17.3 Å². The monoisotopic (exact) mass is 610 g/mol. The molecule has 0 amide bonds. The van der Waals surface area contributed by atoms with Crippen LogP contribution in [0.25, 0.3) is 11.3 Å². The number of rotatable bonds is 22. The van der Waals surface area contributed by atoms with Crippen molar-refractivity contribution in [1.29, 1.82) is 0 Å². The molecular formula is C33H49Cl2FN2O3. The number of unbranched alkanes of at least 4 members (excludes halogenated alkanes) is 14. The zero-order valence-electron chi connectivity index (χ0n) is 25.3. The Kier molecular flexibility index (Phi) is 17.8. The maximum atomic E-state index is 15.5. The summed E-state index contributed by atoms with van der Waals surface area (Å²) in [6.07, 6.45) is 19.8. The SMILES string of the molecule is CCCCCCCCCCCCCCCCNc1cc(-c2ccc(Cl)c(OCCCC)c2F)nc(C(=O)OC)c1Cl. The number of halogens is 3. The van der Waals surface area contributed by atoms with Crippen LogP contribution in [0.3, 0.4) is 0 Å². The molecule has 0 spiro atoms. The molecule has 2 rings (SSSR count). The van der Waals surface area contributed by atoms with Crippen LogP contribution >= 0.6 is 23.2 Å². The van der Waals surface area contributed by atoms with Crippen molar-refractivity contribution in [3.63, 3.8) is 0 Å². The van der Waals surface area contributed by atoms with E-state index in [1.165, 1.54) is 90.2 Å². The molecule has 0 fully saturated rings. The fourth-order valence-electron chi connectivity index (χ4n) is 4.75. The Hall–Kier alpha value is -2.05. The van der Waals surface area contributed by atoms with Gasteiger partial charge in [-0.2, -0.15) is 0 Å². The third-order valence-electron chi connectivity index (χ3n) is 7.25. The first kappa shape index (κ1) is 35.1. The van der Waals surface area contributed by atoms with Crippen LogP contribution in [0.5, 0.6) is 5.75 Å². The summed E-state index contributed by atoms with van der Waals surface area (Å²) >= 11 is 12.7. The molecule has 0 aliphatic rings. The average Bonchev–Trinajstić information content (AvgIpc) is 2.97. The van der Waals surface area contributed by atoms with Crippen LogP contribution < -0.4 is 10.1 Å². The maximum absolute atomic E-state index is 15.5. The number of ether oxygens (including phenoxy) is 2. The molecule has 1 aromatic carbocycles. The molecule has 0 saturated heterocycles. The number of esters is 1. The predicted molar refractivity (Wildman–Crippen MR) is 170 cm³/mol. The molecule has 1 N–H and O–H groups in total. The molecule has 8 heteroatoms. The zero-order valence-corrected chi connectivity index (χ0v) is 26.8. The van der Waals surface area contributed by atoms with Gasteiger partial charge in [0.1, 0.15) is 0 Å². The van der Waals surface area contributed by atoms with Crippen molar-refractivity contribution in [1.82, 2.24) is 4.98 Å². The molecule has 0 unspecified atom stereocenters. The van der Waals surface area contributed by atoms with Crippen LogP contribution in [-0.2, 0) is 4.74 Å². The summed E-state index contributed by atoms with van der Waals surface area (Å²) < 4.78 is 26.0. The molecular weight excluding hydrogens is 562 g/mol. The lowest BCUT2D eigenvalue weighted by Gasteiger charge is -2.15. The summed E-state index contributed by atoms with van der Waals surface area (Å²) in [5.41, 5.74) is 0.850.